The second kappa shape index (κ2) is 5.24. The minimum Gasteiger partial charge on any atom is -0.466 e. The zero-order valence-corrected chi connectivity index (χ0v) is 12.4. The molecular weight excluding hydrogens is 244 g/mol. The summed E-state index contributed by atoms with van der Waals surface area (Å²) in [5.74, 6) is 1.96. The molecule has 0 saturated heterocycles. The summed E-state index contributed by atoms with van der Waals surface area (Å²) in [6.45, 7) is 10.3. The lowest BCUT2D eigenvalue weighted by Crippen LogP contribution is -2.22. The van der Waals surface area contributed by atoms with Crippen LogP contribution < -0.4 is 5.32 Å². The van der Waals surface area contributed by atoms with Gasteiger partial charge in [-0.25, -0.2) is 4.98 Å². The van der Waals surface area contributed by atoms with Crippen LogP contribution in [0.1, 0.15) is 53.7 Å². The van der Waals surface area contributed by atoms with Gasteiger partial charge in [-0.15, -0.1) is 11.3 Å². The van der Waals surface area contributed by atoms with Crippen LogP contribution in [0.4, 0.5) is 0 Å². The van der Waals surface area contributed by atoms with Gasteiger partial charge in [0.2, 0.25) is 0 Å². The molecule has 4 heteroatoms. The van der Waals surface area contributed by atoms with E-state index in [1.54, 1.807) is 11.3 Å². The average Bonchev–Trinajstić information content (AvgIpc) is 2.84. The number of hydrogen-bond acceptors (Lipinski definition) is 4. The quantitative estimate of drug-likeness (QED) is 0.904. The van der Waals surface area contributed by atoms with E-state index in [-0.39, 0.29) is 12.1 Å². The third kappa shape index (κ3) is 2.82. The molecule has 2 rings (SSSR count). The van der Waals surface area contributed by atoms with Crippen LogP contribution in [-0.2, 0) is 0 Å². The van der Waals surface area contributed by atoms with Crippen LogP contribution in [0.25, 0.3) is 0 Å². The highest BCUT2D eigenvalue weighted by atomic mass is 32.1. The molecule has 2 atom stereocenters. The lowest BCUT2D eigenvalue weighted by molar-refractivity contribution is 0.465. The van der Waals surface area contributed by atoms with Crippen molar-refractivity contribution in [1.29, 1.82) is 0 Å². The van der Waals surface area contributed by atoms with Crippen molar-refractivity contribution in [2.24, 2.45) is 0 Å². The maximum absolute atomic E-state index is 5.57. The molecule has 2 heterocycles. The molecule has 0 spiro atoms. The largest absolute Gasteiger partial charge is 0.466 e. The molecule has 0 amide bonds. The SMILES string of the molecule is Cc1cc(C(C)NC(C)c2csc(C)n2)c(C)o1. The smallest absolute Gasteiger partial charge is 0.105 e. The van der Waals surface area contributed by atoms with Crippen LogP contribution in [0, 0.1) is 20.8 Å². The molecule has 0 fully saturated rings. The highest BCUT2D eigenvalue weighted by Gasteiger charge is 2.16. The van der Waals surface area contributed by atoms with Crippen LogP contribution in [0.2, 0.25) is 0 Å². The van der Waals surface area contributed by atoms with Crippen LogP contribution in [0.5, 0.6) is 0 Å². The summed E-state index contributed by atoms with van der Waals surface area (Å²) in [5.41, 5.74) is 2.34. The Hall–Kier alpha value is -1.13. The van der Waals surface area contributed by atoms with Crippen molar-refractivity contribution in [3.8, 4) is 0 Å². The van der Waals surface area contributed by atoms with E-state index in [4.69, 9.17) is 4.42 Å². The summed E-state index contributed by atoms with van der Waals surface area (Å²) in [4.78, 5) is 4.52. The van der Waals surface area contributed by atoms with Crippen molar-refractivity contribution >= 4 is 11.3 Å². The molecule has 0 aromatic carbocycles. The van der Waals surface area contributed by atoms with E-state index in [0.717, 1.165) is 22.2 Å². The zero-order chi connectivity index (χ0) is 13.3. The van der Waals surface area contributed by atoms with E-state index in [1.165, 1.54) is 5.56 Å². The molecule has 0 saturated carbocycles. The van der Waals surface area contributed by atoms with Crippen LogP contribution in [-0.4, -0.2) is 4.98 Å². The minimum absolute atomic E-state index is 0.250. The third-order valence-corrected chi connectivity index (χ3v) is 3.92. The fraction of sp³-hybridized carbons (Fsp3) is 0.500. The predicted octanol–water partition coefficient (Wildman–Crippen LogP) is 4.07. The summed E-state index contributed by atoms with van der Waals surface area (Å²) in [6, 6.07) is 2.62. The summed E-state index contributed by atoms with van der Waals surface area (Å²) >= 11 is 1.69. The highest BCUT2D eigenvalue weighted by molar-refractivity contribution is 7.09. The van der Waals surface area contributed by atoms with E-state index in [1.807, 2.05) is 20.8 Å². The molecule has 98 valence electrons. The Bertz CT molecular complexity index is 530. The van der Waals surface area contributed by atoms with Crippen LogP contribution in [0.15, 0.2) is 15.9 Å². The Morgan fingerprint density at radius 3 is 2.44 bits per heavy atom. The molecule has 0 bridgehead atoms. The van der Waals surface area contributed by atoms with Crippen LogP contribution in [0.3, 0.4) is 0 Å². The lowest BCUT2D eigenvalue weighted by atomic mass is 10.1. The van der Waals surface area contributed by atoms with Gasteiger partial charge in [0.05, 0.1) is 10.7 Å². The first-order chi connectivity index (χ1) is 8.47. The maximum Gasteiger partial charge on any atom is 0.105 e. The van der Waals surface area contributed by atoms with Crippen molar-refractivity contribution in [1.82, 2.24) is 10.3 Å². The molecule has 2 aromatic heterocycles. The van der Waals surface area contributed by atoms with Crippen molar-refractivity contribution in [3.05, 3.63) is 39.2 Å². The van der Waals surface area contributed by atoms with E-state index in [9.17, 15) is 0 Å². The van der Waals surface area contributed by atoms with Gasteiger partial charge in [0, 0.05) is 23.0 Å². The van der Waals surface area contributed by atoms with Gasteiger partial charge in [-0.2, -0.15) is 0 Å². The summed E-state index contributed by atoms with van der Waals surface area (Å²) in [6.07, 6.45) is 0. The van der Waals surface area contributed by atoms with Gasteiger partial charge in [0.15, 0.2) is 0 Å². The summed E-state index contributed by atoms with van der Waals surface area (Å²) < 4.78 is 5.57. The molecule has 0 aliphatic rings. The molecular formula is C14H20N2OS. The van der Waals surface area contributed by atoms with E-state index >= 15 is 0 Å². The van der Waals surface area contributed by atoms with Crippen molar-refractivity contribution in [2.45, 2.75) is 46.7 Å². The fourth-order valence-corrected chi connectivity index (χ4v) is 2.92. The predicted molar refractivity (Wildman–Crippen MR) is 75.0 cm³/mol. The lowest BCUT2D eigenvalue weighted by Gasteiger charge is -2.18. The molecule has 2 unspecified atom stereocenters. The Labute approximate surface area is 112 Å². The molecule has 3 nitrogen and oxygen atoms in total. The number of rotatable bonds is 4. The fourth-order valence-electron chi connectivity index (χ4n) is 2.21. The van der Waals surface area contributed by atoms with Gasteiger partial charge in [0.1, 0.15) is 11.5 Å². The minimum atomic E-state index is 0.250. The number of hydrogen-bond donors (Lipinski definition) is 1. The molecule has 2 aromatic rings. The molecule has 18 heavy (non-hydrogen) atoms. The molecule has 0 aliphatic carbocycles. The first-order valence-corrected chi connectivity index (χ1v) is 7.10. The van der Waals surface area contributed by atoms with Crippen molar-refractivity contribution in [2.75, 3.05) is 0 Å². The topological polar surface area (TPSA) is 38.1 Å². The second-order valence-corrected chi connectivity index (χ2v) is 5.83. The van der Waals surface area contributed by atoms with Crippen molar-refractivity contribution < 1.29 is 4.42 Å². The summed E-state index contributed by atoms with van der Waals surface area (Å²) in [7, 11) is 0. The first-order valence-electron chi connectivity index (χ1n) is 6.22. The molecule has 1 N–H and O–H groups in total. The molecule has 0 aliphatic heterocycles. The number of furan rings is 1. The number of aromatic nitrogens is 1. The number of thiazole rings is 1. The van der Waals surface area contributed by atoms with Gasteiger partial charge in [0.25, 0.3) is 0 Å². The Kier molecular flexibility index (Phi) is 3.88. The average molecular weight is 264 g/mol. The van der Waals surface area contributed by atoms with Gasteiger partial charge < -0.3 is 9.73 Å². The maximum atomic E-state index is 5.57. The Morgan fingerprint density at radius 2 is 1.94 bits per heavy atom. The number of aryl methyl sites for hydroxylation is 3. The monoisotopic (exact) mass is 264 g/mol. The van der Waals surface area contributed by atoms with Crippen LogP contribution >= 0.6 is 11.3 Å². The first kappa shape index (κ1) is 13.3. The highest BCUT2D eigenvalue weighted by Crippen LogP contribution is 2.24. The number of nitrogens with zero attached hydrogens (tertiary/aromatic N) is 1. The van der Waals surface area contributed by atoms with Crippen molar-refractivity contribution in [3.63, 3.8) is 0 Å². The Balaban J connectivity index is 2.07. The standard InChI is InChI=1S/C14H20N2OS/c1-8-6-13(11(4)17-8)9(2)15-10(3)14-7-18-12(5)16-14/h6-7,9-10,15H,1-5H3. The number of nitrogens with one attached hydrogen (secondary N) is 1. The second-order valence-electron chi connectivity index (χ2n) is 4.77. The van der Waals surface area contributed by atoms with E-state index < -0.39 is 0 Å². The molecule has 0 radical (unpaired) electrons. The van der Waals surface area contributed by atoms with Gasteiger partial charge in [-0.05, 0) is 40.7 Å². The van der Waals surface area contributed by atoms with Gasteiger partial charge >= 0.3 is 0 Å². The normalized spacial score (nSPS) is 14.7. The third-order valence-electron chi connectivity index (χ3n) is 3.13. The Morgan fingerprint density at radius 1 is 1.22 bits per heavy atom. The summed E-state index contributed by atoms with van der Waals surface area (Å²) in [5, 5.41) is 6.79. The van der Waals surface area contributed by atoms with Gasteiger partial charge in [-0.3, -0.25) is 0 Å². The van der Waals surface area contributed by atoms with Gasteiger partial charge in [-0.1, -0.05) is 0 Å². The van der Waals surface area contributed by atoms with E-state index in [2.05, 4.69) is 35.6 Å². The van der Waals surface area contributed by atoms with E-state index in [0.29, 0.717) is 0 Å². The zero-order valence-electron chi connectivity index (χ0n) is 11.6.